The lowest BCUT2D eigenvalue weighted by molar-refractivity contribution is 1.48. The number of nitrogens with zero attached hydrogens (tertiary/aromatic N) is 1. The highest BCUT2D eigenvalue weighted by Crippen LogP contribution is 2.14. The summed E-state index contributed by atoms with van der Waals surface area (Å²) in [5.74, 6) is 0. The molecule has 0 aliphatic rings. The Hall–Kier alpha value is -1.27. The fourth-order valence-corrected chi connectivity index (χ4v) is 1.15. The molecule has 1 aromatic carbocycles. The Morgan fingerprint density at radius 2 is 2.31 bits per heavy atom. The van der Waals surface area contributed by atoms with Gasteiger partial charge >= 0.3 is 0 Å². The van der Waals surface area contributed by atoms with E-state index in [2.05, 4.69) is 15.9 Å². The Labute approximate surface area is 85.8 Å². The minimum absolute atomic E-state index is 0.524. The third kappa shape index (κ3) is 2.60. The minimum Gasteiger partial charge on any atom is -0.398 e. The summed E-state index contributed by atoms with van der Waals surface area (Å²) in [7, 11) is 0. The first-order valence-corrected chi connectivity index (χ1v) is 4.92. The van der Waals surface area contributed by atoms with Gasteiger partial charge in [0.25, 0.3) is 0 Å². The molecule has 0 spiro atoms. The highest BCUT2D eigenvalue weighted by atomic mass is 79.9. The molecule has 0 saturated carbocycles. The highest BCUT2D eigenvalue weighted by molar-refractivity contribution is 9.09. The van der Waals surface area contributed by atoms with Crippen LogP contribution in [0.4, 0.5) is 5.69 Å². The lowest BCUT2D eigenvalue weighted by Crippen LogP contribution is -1.90. The van der Waals surface area contributed by atoms with E-state index in [1.165, 1.54) is 0 Å². The standard InChI is InChI=1S/C10H9BrN2/c11-5-1-2-8-3-4-9(7-12)10(13)6-8/h1-4,6H,5,13H2. The minimum atomic E-state index is 0.524. The smallest absolute Gasteiger partial charge is 0.101 e. The van der Waals surface area contributed by atoms with Crippen molar-refractivity contribution in [3.05, 3.63) is 35.4 Å². The molecule has 1 aromatic rings. The number of allylic oxidation sites excluding steroid dienone is 1. The Morgan fingerprint density at radius 1 is 1.54 bits per heavy atom. The van der Waals surface area contributed by atoms with Crippen LogP contribution in [0.1, 0.15) is 11.1 Å². The molecule has 13 heavy (non-hydrogen) atoms. The molecule has 66 valence electrons. The molecule has 2 N–H and O–H groups in total. The van der Waals surface area contributed by atoms with Crippen LogP contribution in [-0.4, -0.2) is 5.33 Å². The Morgan fingerprint density at radius 3 is 2.85 bits per heavy atom. The molecule has 2 nitrogen and oxygen atoms in total. The molecule has 0 amide bonds. The van der Waals surface area contributed by atoms with Gasteiger partial charge in [-0.3, -0.25) is 0 Å². The average molecular weight is 237 g/mol. The SMILES string of the molecule is N#Cc1ccc(C=CCBr)cc1N. The van der Waals surface area contributed by atoms with E-state index in [9.17, 15) is 0 Å². The number of alkyl halides is 1. The molecule has 0 aromatic heterocycles. The maximum Gasteiger partial charge on any atom is 0.101 e. The van der Waals surface area contributed by atoms with Crippen LogP contribution in [0.2, 0.25) is 0 Å². The van der Waals surface area contributed by atoms with Gasteiger partial charge in [0.05, 0.1) is 11.3 Å². The molecule has 0 fully saturated rings. The van der Waals surface area contributed by atoms with Gasteiger partial charge in [-0.2, -0.15) is 5.26 Å². The zero-order chi connectivity index (χ0) is 9.68. The summed E-state index contributed by atoms with van der Waals surface area (Å²) in [5.41, 5.74) is 7.70. The van der Waals surface area contributed by atoms with Gasteiger partial charge < -0.3 is 5.73 Å². The second-order valence-corrected chi connectivity index (χ2v) is 3.16. The molecule has 0 saturated heterocycles. The zero-order valence-corrected chi connectivity index (χ0v) is 8.58. The first kappa shape index (κ1) is 9.82. The topological polar surface area (TPSA) is 49.8 Å². The van der Waals surface area contributed by atoms with E-state index >= 15 is 0 Å². The van der Waals surface area contributed by atoms with Gasteiger partial charge in [-0.1, -0.05) is 34.1 Å². The Balaban J connectivity index is 2.97. The number of nitrogen functional groups attached to an aromatic ring is 1. The van der Waals surface area contributed by atoms with Gasteiger partial charge in [-0.25, -0.2) is 0 Å². The second-order valence-electron chi connectivity index (χ2n) is 2.52. The number of benzene rings is 1. The Kier molecular flexibility index (Phi) is 3.53. The molecule has 3 heteroatoms. The quantitative estimate of drug-likeness (QED) is 0.634. The van der Waals surface area contributed by atoms with Gasteiger partial charge in [0, 0.05) is 5.33 Å². The van der Waals surface area contributed by atoms with Crippen LogP contribution in [0.3, 0.4) is 0 Å². The maximum absolute atomic E-state index is 8.63. The van der Waals surface area contributed by atoms with Crippen LogP contribution in [-0.2, 0) is 0 Å². The van der Waals surface area contributed by atoms with Gasteiger partial charge in [0.15, 0.2) is 0 Å². The summed E-state index contributed by atoms with van der Waals surface area (Å²) in [6.07, 6.45) is 3.92. The first-order chi connectivity index (χ1) is 6.27. The van der Waals surface area contributed by atoms with Crippen molar-refractivity contribution < 1.29 is 0 Å². The van der Waals surface area contributed by atoms with Crippen LogP contribution in [0.5, 0.6) is 0 Å². The molecule has 0 aliphatic carbocycles. The molecule has 0 bridgehead atoms. The lowest BCUT2D eigenvalue weighted by Gasteiger charge is -1.98. The van der Waals surface area contributed by atoms with Crippen molar-refractivity contribution in [3.63, 3.8) is 0 Å². The van der Waals surface area contributed by atoms with Crippen molar-refractivity contribution in [1.82, 2.24) is 0 Å². The predicted octanol–water partition coefficient (Wildman–Crippen LogP) is 2.55. The molecule has 0 aliphatic heterocycles. The number of nitriles is 1. The van der Waals surface area contributed by atoms with Gasteiger partial charge in [0.2, 0.25) is 0 Å². The number of anilines is 1. The first-order valence-electron chi connectivity index (χ1n) is 3.80. The summed E-state index contributed by atoms with van der Waals surface area (Å²) in [6, 6.07) is 7.40. The highest BCUT2D eigenvalue weighted by Gasteiger charge is 1.96. The summed E-state index contributed by atoms with van der Waals surface area (Å²) in [4.78, 5) is 0. The van der Waals surface area contributed by atoms with Crippen LogP contribution >= 0.6 is 15.9 Å². The number of hydrogen-bond acceptors (Lipinski definition) is 2. The van der Waals surface area contributed by atoms with Crippen molar-refractivity contribution >= 4 is 27.7 Å². The van der Waals surface area contributed by atoms with Crippen molar-refractivity contribution in [2.75, 3.05) is 11.1 Å². The molecule has 0 radical (unpaired) electrons. The summed E-state index contributed by atoms with van der Waals surface area (Å²) < 4.78 is 0. The van der Waals surface area contributed by atoms with Crippen molar-refractivity contribution in [1.29, 1.82) is 5.26 Å². The van der Waals surface area contributed by atoms with E-state index in [0.717, 1.165) is 10.9 Å². The third-order valence-corrected chi connectivity index (χ3v) is 1.97. The molecule has 0 atom stereocenters. The van der Waals surface area contributed by atoms with Gasteiger partial charge in [0.1, 0.15) is 6.07 Å². The van der Waals surface area contributed by atoms with E-state index in [4.69, 9.17) is 11.0 Å². The molecular formula is C10H9BrN2. The lowest BCUT2D eigenvalue weighted by atomic mass is 10.1. The maximum atomic E-state index is 8.63. The zero-order valence-electron chi connectivity index (χ0n) is 7.00. The summed E-state index contributed by atoms with van der Waals surface area (Å²) in [5, 5.41) is 9.44. The fourth-order valence-electron chi connectivity index (χ4n) is 0.967. The van der Waals surface area contributed by atoms with Crippen LogP contribution in [0, 0.1) is 11.3 Å². The van der Waals surface area contributed by atoms with Crippen molar-refractivity contribution in [3.8, 4) is 6.07 Å². The molecule has 0 heterocycles. The monoisotopic (exact) mass is 236 g/mol. The van der Waals surface area contributed by atoms with Crippen molar-refractivity contribution in [2.45, 2.75) is 0 Å². The van der Waals surface area contributed by atoms with Crippen LogP contribution in [0.15, 0.2) is 24.3 Å². The normalized spacial score (nSPS) is 10.2. The second kappa shape index (κ2) is 4.68. The number of nitrogens with two attached hydrogens (primary N) is 1. The largest absolute Gasteiger partial charge is 0.398 e. The average Bonchev–Trinajstić information content (AvgIpc) is 2.15. The van der Waals surface area contributed by atoms with Crippen molar-refractivity contribution in [2.24, 2.45) is 0 Å². The molecule has 0 unspecified atom stereocenters. The van der Waals surface area contributed by atoms with E-state index in [1.807, 2.05) is 24.3 Å². The number of halogens is 1. The van der Waals surface area contributed by atoms with E-state index < -0.39 is 0 Å². The summed E-state index contributed by atoms with van der Waals surface area (Å²) >= 11 is 3.28. The third-order valence-electron chi connectivity index (χ3n) is 1.60. The fraction of sp³-hybridized carbons (Fsp3) is 0.100. The van der Waals surface area contributed by atoms with E-state index in [-0.39, 0.29) is 0 Å². The number of rotatable bonds is 2. The van der Waals surface area contributed by atoms with E-state index in [1.54, 1.807) is 12.1 Å². The number of hydrogen-bond donors (Lipinski definition) is 1. The van der Waals surface area contributed by atoms with E-state index in [0.29, 0.717) is 11.3 Å². The van der Waals surface area contributed by atoms with Gasteiger partial charge in [-0.15, -0.1) is 0 Å². The van der Waals surface area contributed by atoms with Crippen LogP contribution < -0.4 is 5.73 Å². The summed E-state index contributed by atoms with van der Waals surface area (Å²) in [6.45, 7) is 0. The van der Waals surface area contributed by atoms with Crippen LogP contribution in [0.25, 0.3) is 6.08 Å². The Bertz CT molecular complexity index is 364. The molecule has 1 rings (SSSR count). The van der Waals surface area contributed by atoms with Gasteiger partial charge in [-0.05, 0) is 17.7 Å². The molecular weight excluding hydrogens is 228 g/mol. The predicted molar refractivity (Wildman–Crippen MR) is 58.4 cm³/mol.